The van der Waals surface area contributed by atoms with E-state index in [2.05, 4.69) is 35.5 Å². The van der Waals surface area contributed by atoms with Gasteiger partial charge in [-0.15, -0.1) is 0 Å². The van der Waals surface area contributed by atoms with Gasteiger partial charge in [0.25, 0.3) is 0 Å². The second-order valence-corrected chi connectivity index (χ2v) is 9.42. The number of imidazole rings is 1. The zero-order chi connectivity index (χ0) is 27.1. The highest BCUT2D eigenvalue weighted by atomic mass is 19.1. The molecule has 39 heavy (non-hydrogen) atoms. The van der Waals surface area contributed by atoms with E-state index < -0.39 is 5.82 Å². The summed E-state index contributed by atoms with van der Waals surface area (Å²) in [6, 6.07) is 6.34. The van der Waals surface area contributed by atoms with Crippen molar-refractivity contribution in [3.05, 3.63) is 66.9 Å². The molecule has 0 aliphatic rings. The van der Waals surface area contributed by atoms with Gasteiger partial charge < -0.3 is 20.9 Å². The van der Waals surface area contributed by atoms with E-state index in [1.54, 1.807) is 18.5 Å². The number of anilines is 2. The normalized spacial score (nSPS) is 11.6. The molecule has 0 unspecified atom stereocenters. The smallest absolute Gasteiger partial charge is 0.161 e. The maximum Gasteiger partial charge on any atom is 0.161 e. The number of benzene rings is 1. The number of nitrogens with two attached hydrogens (primary N) is 1. The molecule has 0 amide bonds. The van der Waals surface area contributed by atoms with Gasteiger partial charge in [0, 0.05) is 48.5 Å². The molecule has 10 nitrogen and oxygen atoms in total. The van der Waals surface area contributed by atoms with Gasteiger partial charge in [0.2, 0.25) is 0 Å². The van der Waals surface area contributed by atoms with Crippen LogP contribution in [-0.4, -0.2) is 67.2 Å². The molecule has 6 rings (SSSR count). The predicted molar refractivity (Wildman–Crippen MR) is 147 cm³/mol. The van der Waals surface area contributed by atoms with Gasteiger partial charge in [0.15, 0.2) is 11.6 Å². The zero-order valence-corrected chi connectivity index (χ0v) is 21.1. The van der Waals surface area contributed by atoms with Crippen LogP contribution in [0, 0.1) is 11.6 Å². The Labute approximate surface area is 221 Å². The Hall–Kier alpha value is -4.97. The van der Waals surface area contributed by atoms with Crippen molar-refractivity contribution < 1.29 is 8.78 Å². The van der Waals surface area contributed by atoms with E-state index in [1.807, 2.05) is 25.1 Å². The zero-order valence-electron chi connectivity index (χ0n) is 21.1. The minimum absolute atomic E-state index is 0.0949. The van der Waals surface area contributed by atoms with E-state index in [-0.39, 0.29) is 22.6 Å². The van der Waals surface area contributed by atoms with Crippen molar-refractivity contribution in [2.75, 3.05) is 38.2 Å². The van der Waals surface area contributed by atoms with Crippen molar-refractivity contribution in [3.63, 3.8) is 0 Å². The number of aromatic amines is 2. The summed E-state index contributed by atoms with van der Waals surface area (Å²) < 4.78 is 30.4. The summed E-state index contributed by atoms with van der Waals surface area (Å²) in [5, 5.41) is 10.6. The molecule has 196 valence electrons. The van der Waals surface area contributed by atoms with E-state index in [9.17, 15) is 4.39 Å². The van der Waals surface area contributed by atoms with E-state index >= 15 is 4.39 Å². The molecule has 6 aromatic rings. The molecule has 0 aliphatic carbocycles. The third-order valence-corrected chi connectivity index (χ3v) is 6.29. The number of H-pyrrole nitrogens is 2. The molecular formula is C27H24F2N10. The first kappa shape index (κ1) is 24.4. The standard InChI is InChI=1S/C27H24F2N10/c1-39(2)4-3-33-18-7-14(5-16(28)8-18)19-11-32-12-21-25(19)36-27(35-21)26-22-20(37-38-26)13-34-24(23(22)29)15-6-17(30)10-31-9-15/h5-13,33H,3-4,30H2,1-2H3,(H,35,36)(H,37,38). The fraction of sp³-hybridized carbons (Fsp3) is 0.148. The minimum atomic E-state index is -0.582. The monoisotopic (exact) mass is 526 g/mol. The van der Waals surface area contributed by atoms with Crippen LogP contribution >= 0.6 is 0 Å². The van der Waals surface area contributed by atoms with Gasteiger partial charge in [-0.2, -0.15) is 5.10 Å². The highest BCUT2D eigenvalue weighted by Gasteiger charge is 2.21. The summed E-state index contributed by atoms with van der Waals surface area (Å²) in [5.41, 5.74) is 10.5. The number of nitrogens with zero attached hydrogens (tertiary/aromatic N) is 6. The number of rotatable bonds is 7. The molecule has 1 aromatic carbocycles. The van der Waals surface area contributed by atoms with Crippen LogP contribution in [0.2, 0.25) is 0 Å². The minimum Gasteiger partial charge on any atom is -0.397 e. The van der Waals surface area contributed by atoms with Crippen molar-refractivity contribution in [3.8, 4) is 33.9 Å². The number of likely N-dealkylation sites (N-methyl/N-ethyl adjacent to an activating group) is 1. The molecule has 5 heterocycles. The third-order valence-electron chi connectivity index (χ3n) is 6.29. The summed E-state index contributed by atoms with van der Waals surface area (Å²) in [4.78, 5) is 22.6. The first-order chi connectivity index (χ1) is 18.9. The van der Waals surface area contributed by atoms with Gasteiger partial charge in [-0.25, -0.2) is 13.8 Å². The van der Waals surface area contributed by atoms with Crippen molar-refractivity contribution in [1.82, 2.24) is 40.0 Å². The number of fused-ring (bicyclic) bond motifs is 2. The lowest BCUT2D eigenvalue weighted by atomic mass is 10.1. The van der Waals surface area contributed by atoms with Crippen molar-refractivity contribution in [1.29, 1.82) is 0 Å². The van der Waals surface area contributed by atoms with Crippen LogP contribution in [0.15, 0.2) is 55.2 Å². The number of aromatic nitrogens is 7. The maximum absolute atomic E-state index is 15.8. The largest absolute Gasteiger partial charge is 0.397 e. The summed E-state index contributed by atoms with van der Waals surface area (Å²) in [5.74, 6) is -0.641. The summed E-state index contributed by atoms with van der Waals surface area (Å²) >= 11 is 0. The van der Waals surface area contributed by atoms with Gasteiger partial charge in [-0.1, -0.05) is 0 Å². The van der Waals surface area contributed by atoms with Gasteiger partial charge in [-0.3, -0.25) is 20.1 Å². The van der Waals surface area contributed by atoms with Gasteiger partial charge in [0.05, 0.1) is 40.0 Å². The fourth-order valence-corrected chi connectivity index (χ4v) is 4.46. The molecule has 0 saturated carbocycles. The number of pyridine rings is 3. The van der Waals surface area contributed by atoms with Gasteiger partial charge >= 0.3 is 0 Å². The van der Waals surface area contributed by atoms with Crippen molar-refractivity contribution in [2.45, 2.75) is 0 Å². The average Bonchev–Trinajstić information content (AvgIpc) is 3.53. The molecule has 0 saturated heterocycles. The molecule has 5 aromatic heterocycles. The second kappa shape index (κ2) is 9.72. The Bertz CT molecular complexity index is 1830. The molecular weight excluding hydrogens is 502 g/mol. The van der Waals surface area contributed by atoms with E-state index in [0.717, 1.165) is 6.54 Å². The molecule has 0 fully saturated rings. The first-order valence-electron chi connectivity index (χ1n) is 12.1. The molecule has 0 bridgehead atoms. The quantitative estimate of drug-likeness (QED) is 0.239. The number of hydrogen-bond donors (Lipinski definition) is 4. The fourth-order valence-electron chi connectivity index (χ4n) is 4.46. The summed E-state index contributed by atoms with van der Waals surface area (Å²) in [7, 11) is 3.95. The van der Waals surface area contributed by atoms with Crippen LogP contribution in [-0.2, 0) is 0 Å². The first-order valence-corrected chi connectivity index (χ1v) is 12.1. The maximum atomic E-state index is 15.8. The number of halogens is 2. The number of hydrogen-bond acceptors (Lipinski definition) is 8. The predicted octanol–water partition coefficient (Wildman–Crippen LogP) is 4.46. The molecule has 0 atom stereocenters. The lowest BCUT2D eigenvalue weighted by Crippen LogP contribution is -2.20. The van der Waals surface area contributed by atoms with Crippen LogP contribution < -0.4 is 11.1 Å². The Kier molecular flexibility index (Phi) is 6.08. The molecule has 0 radical (unpaired) electrons. The van der Waals surface area contributed by atoms with Gasteiger partial charge in [0.1, 0.15) is 17.2 Å². The summed E-state index contributed by atoms with van der Waals surface area (Å²) in [6.07, 6.45) is 7.71. The Morgan fingerprint density at radius 1 is 0.923 bits per heavy atom. The van der Waals surface area contributed by atoms with Crippen LogP contribution in [0.1, 0.15) is 0 Å². The number of nitrogen functional groups attached to an aromatic ring is 1. The Morgan fingerprint density at radius 2 is 1.77 bits per heavy atom. The van der Waals surface area contributed by atoms with Crippen LogP contribution in [0.5, 0.6) is 0 Å². The third kappa shape index (κ3) is 4.61. The molecule has 0 aliphatic heterocycles. The lowest BCUT2D eigenvalue weighted by Gasteiger charge is -2.12. The van der Waals surface area contributed by atoms with Crippen LogP contribution in [0.4, 0.5) is 20.2 Å². The second-order valence-electron chi connectivity index (χ2n) is 9.42. The van der Waals surface area contributed by atoms with Crippen LogP contribution in [0.25, 0.3) is 55.8 Å². The van der Waals surface area contributed by atoms with E-state index in [1.165, 1.54) is 30.7 Å². The number of nitrogens with one attached hydrogen (secondary N) is 3. The SMILES string of the molecule is CN(C)CCNc1cc(F)cc(-c2cncc3[nH]c(-c4n[nH]c5cnc(-c6cncc(N)c6)c(F)c45)nc23)c1. The van der Waals surface area contributed by atoms with E-state index in [4.69, 9.17) is 10.7 Å². The topological polar surface area (TPSA) is 137 Å². The highest BCUT2D eigenvalue weighted by molar-refractivity contribution is 5.98. The van der Waals surface area contributed by atoms with Crippen molar-refractivity contribution >= 4 is 33.3 Å². The summed E-state index contributed by atoms with van der Waals surface area (Å²) in [6.45, 7) is 1.45. The van der Waals surface area contributed by atoms with E-state index in [0.29, 0.717) is 57.0 Å². The molecule has 12 heteroatoms. The highest BCUT2D eigenvalue weighted by Crippen LogP contribution is 2.35. The molecule has 5 N–H and O–H groups in total. The van der Waals surface area contributed by atoms with Crippen molar-refractivity contribution in [2.24, 2.45) is 0 Å². The average molecular weight is 527 g/mol. The Morgan fingerprint density at radius 3 is 2.59 bits per heavy atom. The van der Waals surface area contributed by atoms with Crippen LogP contribution in [0.3, 0.4) is 0 Å². The Balaban J connectivity index is 1.43. The lowest BCUT2D eigenvalue weighted by molar-refractivity contribution is 0.425. The van der Waals surface area contributed by atoms with Gasteiger partial charge in [-0.05, 0) is 43.9 Å². The molecule has 0 spiro atoms.